The number of fused-ring (bicyclic) bond motifs is 1. The number of carbonyl (C=O) groups is 3. The van der Waals surface area contributed by atoms with E-state index in [2.05, 4.69) is 9.84 Å². The predicted molar refractivity (Wildman–Crippen MR) is 82.4 cm³/mol. The number of hydrogen-bond acceptors (Lipinski definition) is 7. The van der Waals surface area contributed by atoms with E-state index in [4.69, 9.17) is 4.74 Å². The highest BCUT2D eigenvalue weighted by atomic mass is 16.6. The molecular weight excluding hydrogens is 318 g/mol. The van der Waals surface area contributed by atoms with E-state index < -0.39 is 24.6 Å². The maximum Gasteiger partial charge on any atom is 0.413 e. The van der Waals surface area contributed by atoms with Gasteiger partial charge in [0.2, 0.25) is 0 Å². The van der Waals surface area contributed by atoms with Crippen LogP contribution in [0.1, 0.15) is 17.4 Å². The van der Waals surface area contributed by atoms with Gasteiger partial charge in [0.1, 0.15) is 0 Å². The van der Waals surface area contributed by atoms with E-state index in [9.17, 15) is 19.2 Å². The average molecular weight is 333 g/mol. The number of carbonyl (C=O) groups excluding carboxylic acids is 3. The Kier molecular flexibility index (Phi) is 5.25. The highest BCUT2D eigenvalue weighted by molar-refractivity contribution is 6.03. The van der Waals surface area contributed by atoms with E-state index in [0.717, 1.165) is 4.68 Å². The first kappa shape index (κ1) is 17.1. The summed E-state index contributed by atoms with van der Waals surface area (Å²) >= 11 is 0. The second kappa shape index (κ2) is 7.36. The molecule has 0 unspecified atom stereocenters. The number of nitrogens with zero attached hydrogens (tertiary/aromatic N) is 2. The summed E-state index contributed by atoms with van der Waals surface area (Å²) in [7, 11) is 1.40. The summed E-state index contributed by atoms with van der Waals surface area (Å²) in [6.07, 6.45) is -0.927. The maximum atomic E-state index is 12.1. The Morgan fingerprint density at radius 1 is 1.17 bits per heavy atom. The molecule has 2 aromatic rings. The van der Waals surface area contributed by atoms with Gasteiger partial charge in [-0.1, -0.05) is 18.2 Å². The molecule has 0 atom stereocenters. The van der Waals surface area contributed by atoms with Crippen molar-refractivity contribution in [1.82, 2.24) is 15.1 Å². The first-order valence-corrected chi connectivity index (χ1v) is 7.03. The second-order valence-electron chi connectivity index (χ2n) is 4.67. The van der Waals surface area contributed by atoms with Crippen LogP contribution in [-0.2, 0) is 21.3 Å². The van der Waals surface area contributed by atoms with E-state index in [1.54, 1.807) is 31.2 Å². The van der Waals surface area contributed by atoms with Crippen molar-refractivity contribution in [3.63, 3.8) is 0 Å². The molecule has 2 rings (SSSR count). The van der Waals surface area contributed by atoms with Crippen LogP contribution in [0.2, 0.25) is 0 Å². The van der Waals surface area contributed by atoms with Crippen molar-refractivity contribution in [2.75, 3.05) is 13.2 Å². The lowest BCUT2D eigenvalue weighted by atomic mass is 10.1. The summed E-state index contributed by atoms with van der Waals surface area (Å²) in [6, 6.07) is 6.42. The van der Waals surface area contributed by atoms with Gasteiger partial charge in [-0.25, -0.2) is 14.3 Å². The molecular formula is C15H15N3O6. The van der Waals surface area contributed by atoms with E-state index >= 15 is 0 Å². The first-order valence-electron chi connectivity index (χ1n) is 7.03. The van der Waals surface area contributed by atoms with E-state index in [1.807, 2.05) is 5.32 Å². The summed E-state index contributed by atoms with van der Waals surface area (Å²) in [5, 5.41) is 6.39. The molecule has 0 saturated heterocycles. The van der Waals surface area contributed by atoms with Crippen LogP contribution in [0.25, 0.3) is 10.8 Å². The summed E-state index contributed by atoms with van der Waals surface area (Å²) < 4.78 is 10.4. The summed E-state index contributed by atoms with van der Waals surface area (Å²) in [5.41, 5.74) is -0.459. The Balaban J connectivity index is 2.15. The Morgan fingerprint density at radius 2 is 1.83 bits per heavy atom. The number of esters is 1. The fraction of sp³-hybridized carbons (Fsp3) is 0.267. The van der Waals surface area contributed by atoms with Crippen LogP contribution >= 0.6 is 0 Å². The van der Waals surface area contributed by atoms with Gasteiger partial charge >= 0.3 is 12.1 Å². The molecule has 0 bridgehead atoms. The number of nitrogens with one attached hydrogen (secondary N) is 1. The Morgan fingerprint density at radius 3 is 2.50 bits per heavy atom. The number of amides is 2. The standard InChI is InChI=1S/C15H15N3O6/c1-3-23-15(22)16-11(19)8-24-14(21)12-9-6-4-5-7-10(9)13(20)18(2)17-12/h4-7H,3,8H2,1-2H3,(H,16,19,22). The van der Waals surface area contributed by atoms with Crippen molar-refractivity contribution in [3.05, 3.63) is 40.3 Å². The quantitative estimate of drug-likeness (QED) is 0.803. The van der Waals surface area contributed by atoms with Gasteiger partial charge < -0.3 is 9.47 Å². The molecule has 9 heteroatoms. The minimum atomic E-state index is -0.927. The fourth-order valence-corrected chi connectivity index (χ4v) is 1.97. The molecule has 0 saturated carbocycles. The third-order valence-electron chi connectivity index (χ3n) is 3.00. The number of alkyl carbamates (subject to hydrolysis) is 1. The first-order chi connectivity index (χ1) is 11.4. The van der Waals surface area contributed by atoms with Crippen molar-refractivity contribution in [3.8, 4) is 0 Å². The van der Waals surface area contributed by atoms with Crippen LogP contribution in [0.3, 0.4) is 0 Å². The summed E-state index contributed by atoms with van der Waals surface area (Å²) in [6.45, 7) is 1.00. The molecule has 24 heavy (non-hydrogen) atoms. The highest BCUT2D eigenvalue weighted by Gasteiger charge is 2.18. The molecule has 0 spiro atoms. The topological polar surface area (TPSA) is 117 Å². The number of aryl methyl sites for hydroxylation is 1. The normalized spacial score (nSPS) is 10.2. The average Bonchev–Trinajstić information content (AvgIpc) is 2.56. The van der Waals surface area contributed by atoms with Crippen LogP contribution < -0.4 is 10.9 Å². The van der Waals surface area contributed by atoms with E-state index in [-0.39, 0.29) is 17.9 Å². The molecule has 126 valence electrons. The van der Waals surface area contributed by atoms with Crippen LogP contribution in [-0.4, -0.2) is 41.0 Å². The van der Waals surface area contributed by atoms with E-state index in [1.165, 1.54) is 7.05 Å². The third-order valence-corrected chi connectivity index (χ3v) is 3.00. The minimum Gasteiger partial charge on any atom is -0.451 e. The van der Waals surface area contributed by atoms with Gasteiger partial charge in [0.15, 0.2) is 12.3 Å². The molecule has 2 amide bonds. The molecule has 1 N–H and O–H groups in total. The molecule has 1 aromatic carbocycles. The van der Waals surface area contributed by atoms with Gasteiger partial charge in [-0.15, -0.1) is 0 Å². The van der Waals surface area contributed by atoms with Crippen molar-refractivity contribution in [2.45, 2.75) is 6.92 Å². The lowest BCUT2D eigenvalue weighted by Gasteiger charge is -2.08. The highest BCUT2D eigenvalue weighted by Crippen LogP contribution is 2.13. The SMILES string of the molecule is CCOC(=O)NC(=O)COC(=O)c1nn(C)c(=O)c2ccccc12. The zero-order valence-electron chi connectivity index (χ0n) is 13.1. The summed E-state index contributed by atoms with van der Waals surface area (Å²) in [4.78, 5) is 46.7. The second-order valence-corrected chi connectivity index (χ2v) is 4.67. The molecule has 0 aliphatic carbocycles. The van der Waals surface area contributed by atoms with Crippen LogP contribution in [0.4, 0.5) is 4.79 Å². The number of benzene rings is 1. The van der Waals surface area contributed by atoms with Crippen LogP contribution in [0.5, 0.6) is 0 Å². The van der Waals surface area contributed by atoms with Crippen molar-refractivity contribution in [1.29, 1.82) is 0 Å². The Hall–Kier alpha value is -3.23. The zero-order chi connectivity index (χ0) is 17.7. The van der Waals surface area contributed by atoms with E-state index in [0.29, 0.717) is 10.8 Å². The molecule has 0 fully saturated rings. The van der Waals surface area contributed by atoms with Gasteiger partial charge in [-0.05, 0) is 13.0 Å². The number of imide groups is 1. The number of aromatic nitrogens is 2. The third kappa shape index (κ3) is 3.75. The Bertz CT molecular complexity index is 858. The summed E-state index contributed by atoms with van der Waals surface area (Å²) in [5.74, 6) is -1.73. The van der Waals surface area contributed by atoms with Crippen LogP contribution in [0, 0.1) is 0 Å². The molecule has 0 aliphatic heterocycles. The van der Waals surface area contributed by atoms with Crippen molar-refractivity contribution in [2.24, 2.45) is 7.05 Å². The predicted octanol–water partition coefficient (Wildman–Crippen LogP) is 0.363. The number of ether oxygens (including phenoxy) is 2. The van der Waals surface area contributed by atoms with Crippen LogP contribution in [0.15, 0.2) is 29.1 Å². The van der Waals surface area contributed by atoms with Gasteiger partial charge in [0.05, 0.1) is 12.0 Å². The van der Waals surface area contributed by atoms with Gasteiger partial charge in [0.25, 0.3) is 11.5 Å². The largest absolute Gasteiger partial charge is 0.451 e. The molecule has 0 aliphatic rings. The fourth-order valence-electron chi connectivity index (χ4n) is 1.97. The smallest absolute Gasteiger partial charge is 0.413 e. The van der Waals surface area contributed by atoms with Crippen molar-refractivity contribution >= 4 is 28.7 Å². The number of rotatable bonds is 4. The van der Waals surface area contributed by atoms with Gasteiger partial charge in [-0.3, -0.25) is 14.9 Å². The van der Waals surface area contributed by atoms with Crippen molar-refractivity contribution < 1.29 is 23.9 Å². The zero-order valence-corrected chi connectivity index (χ0v) is 13.1. The lowest BCUT2D eigenvalue weighted by molar-refractivity contribution is -0.123. The molecule has 1 heterocycles. The maximum absolute atomic E-state index is 12.1. The van der Waals surface area contributed by atoms with Gasteiger partial charge in [0, 0.05) is 12.4 Å². The molecule has 1 aromatic heterocycles. The Labute approximate surface area is 136 Å². The molecule has 0 radical (unpaired) electrons. The lowest BCUT2D eigenvalue weighted by Crippen LogP contribution is -2.34. The minimum absolute atomic E-state index is 0.100. The van der Waals surface area contributed by atoms with Gasteiger partial charge in [-0.2, -0.15) is 5.10 Å². The number of hydrogen-bond donors (Lipinski definition) is 1. The monoisotopic (exact) mass is 333 g/mol. The molecule has 9 nitrogen and oxygen atoms in total.